The van der Waals surface area contributed by atoms with E-state index in [4.69, 9.17) is 11.6 Å². The molecule has 144 valence electrons. The van der Waals surface area contributed by atoms with Crippen molar-refractivity contribution in [2.24, 2.45) is 0 Å². The van der Waals surface area contributed by atoms with Gasteiger partial charge in [-0.3, -0.25) is 20.3 Å². The van der Waals surface area contributed by atoms with Crippen LogP contribution in [-0.2, 0) is 0 Å². The molecular formula is C22H16ClN3O3. The van der Waals surface area contributed by atoms with Gasteiger partial charge >= 0.3 is 0 Å². The molecule has 7 heteroatoms. The first-order chi connectivity index (χ1) is 14.0. The van der Waals surface area contributed by atoms with Gasteiger partial charge in [-0.15, -0.1) is 0 Å². The van der Waals surface area contributed by atoms with Gasteiger partial charge in [0.2, 0.25) is 0 Å². The molecule has 0 fully saturated rings. The molecule has 0 saturated carbocycles. The monoisotopic (exact) mass is 405 g/mol. The summed E-state index contributed by atoms with van der Waals surface area (Å²) >= 11 is 5.93. The molecule has 1 aliphatic heterocycles. The fraction of sp³-hybridized carbons (Fsp3) is 0.0455. The second-order valence-corrected chi connectivity index (χ2v) is 6.94. The van der Waals surface area contributed by atoms with E-state index in [1.54, 1.807) is 42.5 Å². The zero-order valence-corrected chi connectivity index (χ0v) is 15.9. The molecule has 0 aliphatic carbocycles. The van der Waals surface area contributed by atoms with Gasteiger partial charge in [-0.05, 0) is 42.0 Å². The Morgan fingerprint density at radius 1 is 0.966 bits per heavy atom. The number of carbonyl (C=O) groups is 1. The summed E-state index contributed by atoms with van der Waals surface area (Å²) in [5.74, 6) is -0.313. The predicted octanol–water partition coefficient (Wildman–Crippen LogP) is 4.99. The molecule has 0 aromatic heterocycles. The number of nitrogens with one attached hydrogen (secondary N) is 1. The number of amides is 1. The number of carbonyl (C=O) groups excluding carboxylic acids is 1. The van der Waals surface area contributed by atoms with Gasteiger partial charge in [0, 0.05) is 16.7 Å². The van der Waals surface area contributed by atoms with Crippen LogP contribution in [-0.4, -0.2) is 15.8 Å². The number of para-hydroxylation sites is 1. The van der Waals surface area contributed by atoms with E-state index in [0.717, 1.165) is 5.56 Å². The van der Waals surface area contributed by atoms with Gasteiger partial charge in [0.1, 0.15) is 6.04 Å². The number of hydrazine groups is 1. The lowest BCUT2D eigenvalue weighted by Gasteiger charge is -2.25. The Bertz CT molecular complexity index is 1100. The van der Waals surface area contributed by atoms with Gasteiger partial charge in [0.25, 0.3) is 11.6 Å². The normalized spacial score (nSPS) is 15.6. The Morgan fingerprint density at radius 2 is 1.62 bits per heavy atom. The zero-order valence-electron chi connectivity index (χ0n) is 15.2. The van der Waals surface area contributed by atoms with Crippen molar-refractivity contribution in [1.29, 1.82) is 0 Å². The summed E-state index contributed by atoms with van der Waals surface area (Å²) in [7, 11) is 0. The van der Waals surface area contributed by atoms with Crippen molar-refractivity contribution >= 4 is 28.9 Å². The van der Waals surface area contributed by atoms with Crippen LogP contribution in [0.2, 0.25) is 5.02 Å². The molecule has 1 heterocycles. The van der Waals surface area contributed by atoms with E-state index in [0.29, 0.717) is 21.8 Å². The van der Waals surface area contributed by atoms with Crippen molar-refractivity contribution in [3.63, 3.8) is 0 Å². The van der Waals surface area contributed by atoms with Gasteiger partial charge in [0.15, 0.2) is 0 Å². The maximum Gasteiger partial charge on any atom is 0.275 e. The predicted molar refractivity (Wildman–Crippen MR) is 111 cm³/mol. The van der Waals surface area contributed by atoms with Gasteiger partial charge in [0.05, 0.1) is 16.2 Å². The lowest BCUT2D eigenvalue weighted by Crippen LogP contribution is -2.39. The largest absolute Gasteiger partial charge is 0.295 e. The molecule has 6 nitrogen and oxygen atoms in total. The number of hydrogen-bond acceptors (Lipinski definition) is 4. The summed E-state index contributed by atoms with van der Waals surface area (Å²) in [6.45, 7) is 0. The maximum atomic E-state index is 13.2. The van der Waals surface area contributed by atoms with Crippen LogP contribution in [0.4, 0.5) is 5.69 Å². The number of nitro groups is 1. The molecule has 1 atom stereocenters. The van der Waals surface area contributed by atoms with Gasteiger partial charge in [-0.25, -0.2) is 5.01 Å². The average molecular weight is 406 g/mol. The summed E-state index contributed by atoms with van der Waals surface area (Å²) < 4.78 is 0. The van der Waals surface area contributed by atoms with Crippen molar-refractivity contribution < 1.29 is 9.72 Å². The van der Waals surface area contributed by atoms with Crippen LogP contribution in [0.3, 0.4) is 0 Å². The lowest BCUT2D eigenvalue weighted by molar-refractivity contribution is -0.385. The minimum atomic E-state index is -0.644. The van der Waals surface area contributed by atoms with E-state index < -0.39 is 11.0 Å². The van der Waals surface area contributed by atoms with Crippen LogP contribution < -0.4 is 5.43 Å². The highest BCUT2D eigenvalue weighted by Gasteiger charge is 2.35. The SMILES string of the molecule is O=C(c1ccc(Cl)cc1)N1NC(c2ccccc2)=C[C@@H]1c1ccccc1[N+](=O)[O-]. The Balaban J connectivity index is 1.78. The average Bonchev–Trinajstić information content (AvgIpc) is 3.20. The fourth-order valence-electron chi connectivity index (χ4n) is 3.29. The van der Waals surface area contributed by atoms with E-state index in [9.17, 15) is 14.9 Å². The molecule has 29 heavy (non-hydrogen) atoms. The first-order valence-electron chi connectivity index (χ1n) is 8.91. The van der Waals surface area contributed by atoms with E-state index in [2.05, 4.69) is 5.43 Å². The third-order valence-electron chi connectivity index (χ3n) is 4.69. The highest BCUT2D eigenvalue weighted by Crippen LogP contribution is 2.36. The van der Waals surface area contributed by atoms with Gasteiger partial charge in [-0.1, -0.05) is 54.1 Å². The lowest BCUT2D eigenvalue weighted by atomic mass is 10.0. The molecule has 3 aromatic carbocycles. The van der Waals surface area contributed by atoms with Crippen LogP contribution in [0.5, 0.6) is 0 Å². The Labute approximate surface area is 172 Å². The van der Waals surface area contributed by atoms with Crippen molar-refractivity contribution in [3.8, 4) is 0 Å². The third kappa shape index (κ3) is 3.70. The molecule has 3 aromatic rings. The standard InChI is InChI=1S/C22H16ClN3O3/c23-17-12-10-16(11-13-17)22(27)25-21(18-8-4-5-9-20(18)26(28)29)14-19(24-25)15-6-2-1-3-7-15/h1-14,21,24H/t21-/m1/s1. The summed E-state index contributed by atoms with van der Waals surface area (Å²) in [5, 5.41) is 13.5. The second kappa shape index (κ2) is 7.77. The van der Waals surface area contributed by atoms with Crippen LogP contribution in [0.1, 0.15) is 27.5 Å². The topological polar surface area (TPSA) is 75.5 Å². The highest BCUT2D eigenvalue weighted by molar-refractivity contribution is 6.30. The molecule has 0 saturated heterocycles. The molecular weight excluding hydrogens is 390 g/mol. The van der Waals surface area contributed by atoms with E-state index in [-0.39, 0.29) is 11.6 Å². The highest BCUT2D eigenvalue weighted by atomic mass is 35.5. The molecule has 4 rings (SSSR count). The molecule has 1 N–H and O–H groups in total. The number of halogens is 1. The molecule has 0 spiro atoms. The zero-order chi connectivity index (χ0) is 20.4. The molecule has 1 aliphatic rings. The van der Waals surface area contributed by atoms with Gasteiger partial charge < -0.3 is 0 Å². The number of rotatable bonds is 4. The Kier molecular flexibility index (Phi) is 5.01. The molecule has 0 radical (unpaired) electrons. The summed E-state index contributed by atoms with van der Waals surface area (Å²) in [5.41, 5.74) is 5.52. The Morgan fingerprint density at radius 3 is 2.31 bits per heavy atom. The smallest absolute Gasteiger partial charge is 0.275 e. The van der Waals surface area contributed by atoms with Gasteiger partial charge in [-0.2, -0.15) is 0 Å². The number of benzene rings is 3. The number of nitro benzene ring substituents is 1. The van der Waals surface area contributed by atoms with Crippen molar-refractivity contribution in [3.05, 3.63) is 117 Å². The van der Waals surface area contributed by atoms with Crippen molar-refractivity contribution in [2.75, 3.05) is 0 Å². The molecule has 0 unspecified atom stereocenters. The van der Waals surface area contributed by atoms with E-state index >= 15 is 0 Å². The summed E-state index contributed by atoms with van der Waals surface area (Å²) in [6, 6.07) is 21.8. The minimum Gasteiger partial charge on any atom is -0.295 e. The summed E-state index contributed by atoms with van der Waals surface area (Å²) in [6.07, 6.45) is 1.82. The van der Waals surface area contributed by atoms with Crippen molar-refractivity contribution in [2.45, 2.75) is 6.04 Å². The number of hydrogen-bond donors (Lipinski definition) is 1. The quantitative estimate of drug-likeness (QED) is 0.490. The second-order valence-electron chi connectivity index (χ2n) is 6.50. The third-order valence-corrected chi connectivity index (χ3v) is 4.94. The van der Waals surface area contributed by atoms with Crippen LogP contribution in [0.15, 0.2) is 84.9 Å². The minimum absolute atomic E-state index is 0.0428. The Hall–Kier alpha value is -3.64. The van der Waals surface area contributed by atoms with Crippen molar-refractivity contribution in [1.82, 2.24) is 10.4 Å². The van der Waals surface area contributed by atoms with Crippen LogP contribution >= 0.6 is 11.6 Å². The van der Waals surface area contributed by atoms with E-state index in [1.165, 1.54) is 11.1 Å². The van der Waals surface area contributed by atoms with Crippen LogP contribution in [0, 0.1) is 10.1 Å². The van der Waals surface area contributed by atoms with E-state index in [1.807, 2.05) is 36.4 Å². The maximum absolute atomic E-state index is 13.2. The fourth-order valence-corrected chi connectivity index (χ4v) is 3.41. The first-order valence-corrected chi connectivity index (χ1v) is 9.29. The van der Waals surface area contributed by atoms with Crippen LogP contribution in [0.25, 0.3) is 5.70 Å². The molecule has 1 amide bonds. The first kappa shape index (κ1) is 18.7. The molecule has 0 bridgehead atoms. The summed E-state index contributed by atoms with van der Waals surface area (Å²) in [4.78, 5) is 24.3. The number of nitrogens with zero attached hydrogens (tertiary/aromatic N) is 2.